The first kappa shape index (κ1) is 13.1. The summed E-state index contributed by atoms with van der Waals surface area (Å²) in [5.74, 6) is -0.388. The van der Waals surface area contributed by atoms with Crippen molar-refractivity contribution in [2.45, 2.75) is 13.3 Å². The smallest absolute Gasteiger partial charge is 0.148 e. The number of nitrogens with zero attached hydrogens (tertiary/aromatic N) is 2. The van der Waals surface area contributed by atoms with Crippen molar-refractivity contribution in [2.24, 2.45) is 0 Å². The zero-order valence-corrected chi connectivity index (χ0v) is 11.0. The van der Waals surface area contributed by atoms with Crippen LogP contribution >= 0.6 is 0 Å². The van der Waals surface area contributed by atoms with E-state index in [0.717, 1.165) is 12.1 Å². The minimum absolute atomic E-state index is 0.330. The van der Waals surface area contributed by atoms with Crippen LogP contribution in [0.4, 0.5) is 15.8 Å². The summed E-state index contributed by atoms with van der Waals surface area (Å²) in [6.07, 6.45) is 0.981. The molecule has 0 radical (unpaired) electrons. The Kier molecular flexibility index (Phi) is 3.82. The minimum atomic E-state index is -0.388. The van der Waals surface area contributed by atoms with Crippen LogP contribution < -0.4 is 4.90 Å². The second-order valence-corrected chi connectivity index (χ2v) is 4.36. The Morgan fingerprint density at radius 3 is 2.37 bits per heavy atom. The van der Waals surface area contributed by atoms with Crippen LogP contribution in [0.25, 0.3) is 0 Å². The van der Waals surface area contributed by atoms with E-state index in [-0.39, 0.29) is 5.82 Å². The lowest BCUT2D eigenvalue weighted by Crippen LogP contribution is -2.11. The van der Waals surface area contributed by atoms with Crippen LogP contribution in [-0.2, 0) is 6.42 Å². The van der Waals surface area contributed by atoms with Gasteiger partial charge in [-0.2, -0.15) is 5.26 Å². The SMILES string of the molecule is CCc1ccc(N(C)c2ccc(C#N)cc2F)cc1. The third kappa shape index (κ3) is 2.74. The van der Waals surface area contributed by atoms with E-state index in [1.807, 2.05) is 37.4 Å². The van der Waals surface area contributed by atoms with E-state index in [4.69, 9.17) is 5.26 Å². The molecule has 19 heavy (non-hydrogen) atoms. The van der Waals surface area contributed by atoms with E-state index in [1.54, 1.807) is 17.0 Å². The maximum Gasteiger partial charge on any atom is 0.148 e. The van der Waals surface area contributed by atoms with E-state index in [2.05, 4.69) is 6.92 Å². The lowest BCUT2D eigenvalue weighted by molar-refractivity contribution is 0.627. The topological polar surface area (TPSA) is 27.0 Å². The summed E-state index contributed by atoms with van der Waals surface area (Å²) in [4.78, 5) is 1.77. The molecule has 0 spiro atoms. The molecule has 2 rings (SSSR count). The van der Waals surface area contributed by atoms with Crippen molar-refractivity contribution in [1.29, 1.82) is 5.26 Å². The molecule has 2 nitrogen and oxygen atoms in total. The van der Waals surface area contributed by atoms with Crippen molar-refractivity contribution >= 4 is 11.4 Å². The van der Waals surface area contributed by atoms with Crippen molar-refractivity contribution in [2.75, 3.05) is 11.9 Å². The first-order chi connectivity index (χ1) is 9.15. The zero-order valence-electron chi connectivity index (χ0n) is 11.0. The van der Waals surface area contributed by atoms with Gasteiger partial charge in [-0.1, -0.05) is 19.1 Å². The first-order valence-electron chi connectivity index (χ1n) is 6.18. The maximum atomic E-state index is 13.9. The summed E-state index contributed by atoms with van der Waals surface area (Å²) in [5, 5.41) is 8.74. The van der Waals surface area contributed by atoms with Gasteiger partial charge < -0.3 is 4.90 Å². The molecular weight excluding hydrogens is 239 g/mol. The van der Waals surface area contributed by atoms with Crippen LogP contribution in [0.2, 0.25) is 0 Å². The second kappa shape index (κ2) is 5.53. The van der Waals surface area contributed by atoms with Crippen LogP contribution in [0.1, 0.15) is 18.1 Å². The van der Waals surface area contributed by atoms with Gasteiger partial charge in [0.15, 0.2) is 0 Å². The average Bonchev–Trinajstić information content (AvgIpc) is 2.46. The summed E-state index contributed by atoms with van der Waals surface area (Å²) in [6.45, 7) is 2.10. The summed E-state index contributed by atoms with van der Waals surface area (Å²) in [6, 6.07) is 14.4. The highest BCUT2D eigenvalue weighted by Crippen LogP contribution is 2.27. The molecule has 0 saturated heterocycles. The highest BCUT2D eigenvalue weighted by molar-refractivity contribution is 5.64. The fourth-order valence-corrected chi connectivity index (χ4v) is 1.94. The van der Waals surface area contributed by atoms with E-state index < -0.39 is 0 Å². The Bertz CT molecular complexity index is 612. The molecule has 0 heterocycles. The van der Waals surface area contributed by atoms with Gasteiger partial charge in [-0.3, -0.25) is 0 Å². The highest BCUT2D eigenvalue weighted by atomic mass is 19.1. The molecule has 0 N–H and O–H groups in total. The average molecular weight is 254 g/mol. The van der Waals surface area contributed by atoms with Gasteiger partial charge in [-0.05, 0) is 42.3 Å². The number of nitriles is 1. The molecule has 0 aliphatic heterocycles. The molecule has 0 atom stereocenters. The summed E-state index contributed by atoms with van der Waals surface area (Å²) in [7, 11) is 1.81. The summed E-state index contributed by atoms with van der Waals surface area (Å²) in [5.41, 5.74) is 2.96. The van der Waals surface area contributed by atoms with Gasteiger partial charge in [0, 0.05) is 12.7 Å². The number of aryl methyl sites for hydroxylation is 1. The summed E-state index contributed by atoms with van der Waals surface area (Å²) >= 11 is 0. The predicted molar refractivity (Wildman–Crippen MR) is 75.0 cm³/mol. The van der Waals surface area contributed by atoms with Gasteiger partial charge in [0.25, 0.3) is 0 Å². The van der Waals surface area contributed by atoms with Gasteiger partial charge in [0.2, 0.25) is 0 Å². The third-order valence-electron chi connectivity index (χ3n) is 3.17. The van der Waals surface area contributed by atoms with Gasteiger partial charge >= 0.3 is 0 Å². The molecule has 3 heteroatoms. The molecule has 0 aliphatic rings. The maximum absolute atomic E-state index is 13.9. The first-order valence-corrected chi connectivity index (χ1v) is 6.18. The van der Waals surface area contributed by atoms with Crippen molar-refractivity contribution in [1.82, 2.24) is 0 Å². The molecule has 96 valence electrons. The fraction of sp³-hybridized carbons (Fsp3) is 0.188. The van der Waals surface area contributed by atoms with Crippen LogP contribution in [0.5, 0.6) is 0 Å². The Balaban J connectivity index is 2.33. The van der Waals surface area contributed by atoms with E-state index in [0.29, 0.717) is 11.3 Å². The summed E-state index contributed by atoms with van der Waals surface area (Å²) < 4.78 is 13.9. The van der Waals surface area contributed by atoms with E-state index in [1.165, 1.54) is 11.6 Å². The number of rotatable bonds is 3. The molecule has 0 bridgehead atoms. The predicted octanol–water partition coefficient (Wildman–Crippen LogP) is 4.03. The van der Waals surface area contributed by atoms with Crippen molar-refractivity contribution < 1.29 is 4.39 Å². The molecule has 0 amide bonds. The Morgan fingerprint density at radius 1 is 1.16 bits per heavy atom. The number of benzene rings is 2. The van der Waals surface area contributed by atoms with E-state index >= 15 is 0 Å². The Hall–Kier alpha value is -2.34. The van der Waals surface area contributed by atoms with Crippen LogP contribution in [-0.4, -0.2) is 7.05 Å². The number of hydrogen-bond acceptors (Lipinski definition) is 2. The van der Waals surface area contributed by atoms with Gasteiger partial charge in [-0.25, -0.2) is 4.39 Å². The molecule has 2 aromatic rings. The molecule has 2 aromatic carbocycles. The molecule has 0 saturated carbocycles. The van der Waals surface area contributed by atoms with Gasteiger partial charge in [0.1, 0.15) is 5.82 Å². The fourth-order valence-electron chi connectivity index (χ4n) is 1.94. The van der Waals surface area contributed by atoms with Crippen LogP contribution in [0.15, 0.2) is 42.5 Å². The van der Waals surface area contributed by atoms with Crippen molar-refractivity contribution in [3.8, 4) is 6.07 Å². The van der Waals surface area contributed by atoms with Crippen LogP contribution in [0.3, 0.4) is 0 Å². The second-order valence-electron chi connectivity index (χ2n) is 4.36. The normalized spacial score (nSPS) is 10.0. The Labute approximate surface area is 112 Å². The zero-order chi connectivity index (χ0) is 13.8. The molecule has 0 unspecified atom stereocenters. The lowest BCUT2D eigenvalue weighted by Gasteiger charge is -2.20. The molecule has 0 fully saturated rings. The highest BCUT2D eigenvalue weighted by Gasteiger charge is 2.10. The number of hydrogen-bond donors (Lipinski definition) is 0. The number of halogens is 1. The minimum Gasteiger partial charge on any atom is -0.342 e. The standard InChI is InChI=1S/C16H15FN2/c1-3-12-4-7-14(8-5-12)19(2)16-9-6-13(11-18)10-15(16)17/h4-10H,3H2,1-2H3. The Morgan fingerprint density at radius 2 is 1.84 bits per heavy atom. The van der Waals surface area contributed by atoms with Crippen molar-refractivity contribution in [3.05, 3.63) is 59.4 Å². The lowest BCUT2D eigenvalue weighted by atomic mass is 10.1. The van der Waals surface area contributed by atoms with E-state index in [9.17, 15) is 4.39 Å². The van der Waals surface area contributed by atoms with Crippen molar-refractivity contribution in [3.63, 3.8) is 0 Å². The van der Waals surface area contributed by atoms with Crippen LogP contribution in [0, 0.1) is 17.1 Å². The largest absolute Gasteiger partial charge is 0.342 e. The molecule has 0 aliphatic carbocycles. The number of anilines is 2. The monoisotopic (exact) mass is 254 g/mol. The quantitative estimate of drug-likeness (QED) is 0.827. The molecular formula is C16H15FN2. The van der Waals surface area contributed by atoms with Gasteiger partial charge in [-0.15, -0.1) is 0 Å². The third-order valence-corrected chi connectivity index (χ3v) is 3.17. The molecule has 0 aromatic heterocycles. The van der Waals surface area contributed by atoms with Gasteiger partial charge in [0.05, 0.1) is 17.3 Å².